The lowest BCUT2D eigenvalue weighted by molar-refractivity contribution is -0.135. The Morgan fingerprint density at radius 3 is 2.49 bits per heavy atom. The van der Waals surface area contributed by atoms with Gasteiger partial charge in [0.1, 0.15) is 12.4 Å². The summed E-state index contributed by atoms with van der Waals surface area (Å²) in [5.74, 6) is 0.946. The lowest BCUT2D eigenvalue weighted by atomic mass is 10.0. The first-order chi connectivity index (χ1) is 17.7. The molecule has 5 rings (SSSR count). The topological polar surface area (TPSA) is 66.9 Å². The second-order valence-electron chi connectivity index (χ2n) is 10.3. The second-order valence-corrected chi connectivity index (χ2v) is 13.2. The quantitative estimate of drug-likeness (QED) is 0.372. The van der Waals surface area contributed by atoms with E-state index in [9.17, 15) is 13.2 Å². The van der Waals surface area contributed by atoms with E-state index in [1.54, 1.807) is 35.6 Å². The van der Waals surface area contributed by atoms with E-state index in [-0.39, 0.29) is 23.4 Å². The number of carbonyl (C=O) groups is 1. The number of benzene rings is 2. The highest BCUT2D eigenvalue weighted by Crippen LogP contribution is 2.35. The maximum Gasteiger partial charge on any atom is 0.243 e. The Morgan fingerprint density at radius 1 is 1.05 bits per heavy atom. The molecule has 0 N–H and O–H groups in total. The minimum atomic E-state index is -3.78. The molecule has 1 fully saturated rings. The fourth-order valence-corrected chi connectivity index (χ4v) is 7.34. The van der Waals surface area contributed by atoms with Crippen LogP contribution in [0, 0.1) is 26.7 Å². The fourth-order valence-electron chi connectivity index (χ4n) is 4.94. The van der Waals surface area contributed by atoms with Gasteiger partial charge in [-0.25, -0.2) is 8.42 Å². The van der Waals surface area contributed by atoms with Crippen molar-refractivity contribution in [3.05, 3.63) is 81.0 Å². The van der Waals surface area contributed by atoms with Crippen LogP contribution >= 0.6 is 11.3 Å². The minimum absolute atomic E-state index is 0.160. The van der Waals surface area contributed by atoms with E-state index < -0.39 is 10.0 Å². The van der Waals surface area contributed by atoms with Crippen LogP contribution < -0.4 is 4.74 Å². The minimum Gasteiger partial charge on any atom is -0.491 e. The molecule has 2 aromatic carbocycles. The standard InChI is InChI=1S/C29H34N2O4S2/c1-20-4-9-24(10-5-20)37(33,34)30(17-23-7-8-23)18-29(32)31-14-12-28-25(13-15-36-28)26(31)19-35-27-11-6-21(2)16-22(27)3/h4-6,9-11,13,15-16,23,26H,7-8,12,14,17-19H2,1-3H3/t26-/m0/s1. The third kappa shape index (κ3) is 5.76. The highest BCUT2D eigenvalue weighted by molar-refractivity contribution is 7.89. The summed E-state index contributed by atoms with van der Waals surface area (Å²) in [4.78, 5) is 17.1. The third-order valence-electron chi connectivity index (χ3n) is 7.27. The van der Waals surface area contributed by atoms with Crippen LogP contribution in [-0.2, 0) is 21.2 Å². The number of carbonyl (C=O) groups excluding carboxylic acids is 1. The summed E-state index contributed by atoms with van der Waals surface area (Å²) >= 11 is 1.70. The van der Waals surface area contributed by atoms with Crippen LogP contribution in [0.4, 0.5) is 0 Å². The largest absolute Gasteiger partial charge is 0.491 e. The van der Waals surface area contributed by atoms with Crippen molar-refractivity contribution in [2.75, 3.05) is 26.2 Å². The Kier molecular flexibility index (Phi) is 7.43. The van der Waals surface area contributed by atoms with E-state index in [4.69, 9.17) is 4.74 Å². The van der Waals surface area contributed by atoms with Crippen molar-refractivity contribution in [1.82, 2.24) is 9.21 Å². The van der Waals surface area contributed by atoms with Crippen LogP contribution in [0.3, 0.4) is 0 Å². The fraction of sp³-hybridized carbons (Fsp3) is 0.414. The summed E-state index contributed by atoms with van der Waals surface area (Å²) in [6, 6.07) is 14.8. The van der Waals surface area contributed by atoms with E-state index >= 15 is 0 Å². The molecule has 0 spiro atoms. The second kappa shape index (κ2) is 10.6. The molecule has 1 saturated carbocycles. The maximum absolute atomic E-state index is 13.8. The Bertz CT molecular complexity index is 1380. The van der Waals surface area contributed by atoms with Gasteiger partial charge in [-0.2, -0.15) is 4.31 Å². The van der Waals surface area contributed by atoms with E-state index in [2.05, 4.69) is 17.5 Å². The van der Waals surface area contributed by atoms with Gasteiger partial charge >= 0.3 is 0 Å². The summed E-state index contributed by atoms with van der Waals surface area (Å²) in [6.45, 7) is 7.09. The molecule has 0 saturated heterocycles. The van der Waals surface area contributed by atoms with Gasteiger partial charge in [-0.3, -0.25) is 4.79 Å². The molecule has 8 heteroatoms. The van der Waals surface area contributed by atoms with Crippen molar-refractivity contribution in [3.8, 4) is 5.75 Å². The van der Waals surface area contributed by atoms with Crippen molar-refractivity contribution < 1.29 is 17.9 Å². The molecule has 0 bridgehead atoms. The predicted octanol–water partition coefficient (Wildman–Crippen LogP) is 5.28. The number of hydrogen-bond acceptors (Lipinski definition) is 5. The summed E-state index contributed by atoms with van der Waals surface area (Å²) in [5.41, 5.74) is 4.32. The number of fused-ring (bicyclic) bond motifs is 1. The molecule has 2 heterocycles. The molecule has 1 amide bonds. The molecule has 1 aliphatic carbocycles. The van der Waals surface area contributed by atoms with Gasteiger partial charge in [0.05, 0.1) is 17.5 Å². The zero-order valence-corrected chi connectivity index (χ0v) is 23.3. The van der Waals surface area contributed by atoms with Crippen LogP contribution in [0.2, 0.25) is 0 Å². The molecule has 1 aromatic heterocycles. The average molecular weight is 539 g/mol. The summed E-state index contributed by atoms with van der Waals surface area (Å²) in [5, 5.41) is 2.06. The van der Waals surface area contributed by atoms with Gasteiger partial charge in [0, 0.05) is 18.0 Å². The Hall–Kier alpha value is -2.68. The molecule has 3 aromatic rings. The monoisotopic (exact) mass is 538 g/mol. The molecule has 1 atom stereocenters. The van der Waals surface area contributed by atoms with Gasteiger partial charge in [0.25, 0.3) is 0 Å². The molecule has 196 valence electrons. The van der Waals surface area contributed by atoms with Crippen molar-refractivity contribution in [3.63, 3.8) is 0 Å². The molecule has 6 nitrogen and oxygen atoms in total. The van der Waals surface area contributed by atoms with Gasteiger partial charge in [-0.1, -0.05) is 35.4 Å². The third-order valence-corrected chi connectivity index (χ3v) is 10.1. The Morgan fingerprint density at radius 2 is 1.78 bits per heavy atom. The predicted molar refractivity (Wildman–Crippen MR) is 147 cm³/mol. The summed E-state index contributed by atoms with van der Waals surface area (Å²) in [7, 11) is -3.78. The van der Waals surface area contributed by atoms with E-state index in [0.29, 0.717) is 25.6 Å². The zero-order chi connectivity index (χ0) is 26.2. The number of aryl methyl sites for hydroxylation is 3. The van der Waals surface area contributed by atoms with Crippen LogP contribution in [0.1, 0.15) is 46.0 Å². The molecule has 2 aliphatic rings. The van der Waals surface area contributed by atoms with Crippen LogP contribution in [0.15, 0.2) is 58.8 Å². The number of rotatable bonds is 9. The molecular weight excluding hydrogens is 504 g/mol. The van der Waals surface area contributed by atoms with Crippen molar-refractivity contribution in [2.24, 2.45) is 5.92 Å². The van der Waals surface area contributed by atoms with E-state index in [0.717, 1.165) is 41.7 Å². The zero-order valence-electron chi connectivity index (χ0n) is 21.6. The van der Waals surface area contributed by atoms with Crippen molar-refractivity contribution >= 4 is 27.3 Å². The lowest BCUT2D eigenvalue weighted by Gasteiger charge is -2.37. The maximum atomic E-state index is 13.8. The molecule has 1 aliphatic heterocycles. The van der Waals surface area contributed by atoms with Crippen LogP contribution in [0.5, 0.6) is 5.75 Å². The highest BCUT2D eigenvalue weighted by atomic mass is 32.2. The van der Waals surface area contributed by atoms with Gasteiger partial charge < -0.3 is 9.64 Å². The number of nitrogens with zero attached hydrogens (tertiary/aromatic N) is 2. The van der Waals surface area contributed by atoms with Crippen LogP contribution in [-0.4, -0.2) is 49.8 Å². The first-order valence-corrected chi connectivity index (χ1v) is 15.2. The van der Waals surface area contributed by atoms with Crippen molar-refractivity contribution in [2.45, 2.75) is 51.0 Å². The Balaban J connectivity index is 1.38. The summed E-state index contributed by atoms with van der Waals surface area (Å²) in [6.07, 6.45) is 2.77. The van der Waals surface area contributed by atoms with Gasteiger partial charge in [0.15, 0.2) is 0 Å². The first-order valence-electron chi connectivity index (χ1n) is 12.8. The molecule has 0 unspecified atom stereocenters. The Labute approximate surface area is 223 Å². The number of ether oxygens (including phenoxy) is 1. The van der Waals surface area contributed by atoms with Gasteiger partial charge in [0.2, 0.25) is 15.9 Å². The molecule has 37 heavy (non-hydrogen) atoms. The normalized spacial score (nSPS) is 17.6. The van der Waals surface area contributed by atoms with E-state index in [1.807, 2.05) is 37.8 Å². The highest BCUT2D eigenvalue weighted by Gasteiger charge is 2.37. The first kappa shape index (κ1) is 25.9. The SMILES string of the molecule is Cc1ccc(S(=O)(=O)N(CC(=O)N2CCc3sccc3[C@@H]2COc2ccc(C)cc2C)CC2CC2)cc1. The number of amides is 1. The molecular formula is C29H34N2O4S2. The van der Waals surface area contributed by atoms with Crippen molar-refractivity contribution in [1.29, 1.82) is 0 Å². The van der Waals surface area contributed by atoms with Crippen LogP contribution in [0.25, 0.3) is 0 Å². The lowest BCUT2D eigenvalue weighted by Crippen LogP contribution is -2.48. The molecule has 0 radical (unpaired) electrons. The number of thiophene rings is 1. The summed E-state index contributed by atoms with van der Waals surface area (Å²) < 4.78 is 34.8. The smallest absolute Gasteiger partial charge is 0.243 e. The van der Waals surface area contributed by atoms with Gasteiger partial charge in [-0.15, -0.1) is 11.3 Å². The van der Waals surface area contributed by atoms with E-state index in [1.165, 1.54) is 14.7 Å². The average Bonchev–Trinajstić information content (AvgIpc) is 3.55. The number of sulfonamides is 1. The number of hydrogen-bond donors (Lipinski definition) is 0. The van der Waals surface area contributed by atoms with Gasteiger partial charge in [-0.05, 0) is 86.7 Å².